The van der Waals surface area contributed by atoms with Gasteiger partial charge in [0.15, 0.2) is 0 Å². The Balaban J connectivity index is 2.77. The van der Waals surface area contributed by atoms with Crippen molar-refractivity contribution in [3.05, 3.63) is 46.4 Å². The molecule has 0 aliphatic carbocycles. The van der Waals surface area contributed by atoms with E-state index in [1.54, 1.807) is 18.2 Å². The van der Waals surface area contributed by atoms with E-state index in [1.165, 1.54) is 19.2 Å². The van der Waals surface area contributed by atoms with Gasteiger partial charge in [0.2, 0.25) is 0 Å². The molecule has 106 valence electrons. The third kappa shape index (κ3) is 2.66. The van der Waals surface area contributed by atoms with Crippen molar-refractivity contribution in [2.24, 2.45) is 0 Å². The fourth-order valence-electron chi connectivity index (χ4n) is 1.95. The number of rotatable bonds is 2. The maximum absolute atomic E-state index is 12.6. The van der Waals surface area contributed by atoms with E-state index in [-0.39, 0.29) is 11.1 Å². The summed E-state index contributed by atoms with van der Waals surface area (Å²) in [6.45, 7) is -1.50. The van der Waals surface area contributed by atoms with Gasteiger partial charge in [0.25, 0.3) is 11.5 Å². The number of hydrogen-bond acceptors (Lipinski definition) is 2. The summed E-state index contributed by atoms with van der Waals surface area (Å²) in [5, 5.41) is 2.80. The highest BCUT2D eigenvalue weighted by Crippen LogP contribution is 2.19. The molecule has 0 spiro atoms. The first-order valence-electron chi connectivity index (χ1n) is 5.75. The second kappa shape index (κ2) is 4.99. The van der Waals surface area contributed by atoms with Crippen LogP contribution in [-0.4, -0.2) is 23.7 Å². The van der Waals surface area contributed by atoms with E-state index in [9.17, 15) is 22.8 Å². The zero-order chi connectivity index (χ0) is 14.9. The minimum absolute atomic E-state index is 0.143. The number of alkyl halides is 3. The minimum atomic E-state index is -4.59. The summed E-state index contributed by atoms with van der Waals surface area (Å²) in [4.78, 5) is 23.8. The molecule has 0 aliphatic heterocycles. The molecular weight excluding hydrogens is 273 g/mol. The molecule has 20 heavy (non-hydrogen) atoms. The Bertz CT molecular complexity index is 720. The lowest BCUT2D eigenvalue weighted by atomic mass is 10.1. The van der Waals surface area contributed by atoms with Crippen LogP contribution in [0.1, 0.15) is 10.5 Å². The van der Waals surface area contributed by atoms with Gasteiger partial charge in [0, 0.05) is 12.4 Å². The van der Waals surface area contributed by atoms with Crippen LogP contribution in [0, 0.1) is 0 Å². The van der Waals surface area contributed by atoms with Crippen LogP contribution in [0.25, 0.3) is 10.8 Å². The lowest BCUT2D eigenvalue weighted by Crippen LogP contribution is -2.35. The number of aromatic nitrogens is 1. The Hall–Kier alpha value is -2.31. The van der Waals surface area contributed by atoms with E-state index in [4.69, 9.17) is 0 Å². The summed E-state index contributed by atoms with van der Waals surface area (Å²) >= 11 is 0. The van der Waals surface area contributed by atoms with Crippen molar-refractivity contribution in [2.75, 3.05) is 7.05 Å². The summed E-state index contributed by atoms with van der Waals surface area (Å²) in [5.41, 5.74) is -1.15. The van der Waals surface area contributed by atoms with Gasteiger partial charge in [-0.25, -0.2) is 0 Å². The zero-order valence-electron chi connectivity index (χ0n) is 10.5. The number of fused-ring (bicyclic) bond motifs is 1. The maximum Gasteiger partial charge on any atom is 0.406 e. The topological polar surface area (TPSA) is 51.1 Å². The molecule has 0 fully saturated rings. The third-order valence-electron chi connectivity index (χ3n) is 2.82. The monoisotopic (exact) mass is 284 g/mol. The summed E-state index contributed by atoms with van der Waals surface area (Å²) < 4.78 is 38.2. The number of carbonyl (C=O) groups is 1. The van der Waals surface area contributed by atoms with Crippen LogP contribution in [0.4, 0.5) is 13.2 Å². The summed E-state index contributed by atoms with van der Waals surface area (Å²) in [7, 11) is 1.29. The van der Waals surface area contributed by atoms with Crippen molar-refractivity contribution in [3.63, 3.8) is 0 Å². The summed E-state index contributed by atoms with van der Waals surface area (Å²) in [5.74, 6) is -0.739. The number of nitrogens with one attached hydrogen (secondary N) is 1. The van der Waals surface area contributed by atoms with E-state index in [0.717, 1.165) is 0 Å². The third-order valence-corrected chi connectivity index (χ3v) is 2.82. The number of hydrogen-bond donors (Lipinski definition) is 1. The van der Waals surface area contributed by atoms with Gasteiger partial charge in [-0.2, -0.15) is 13.2 Å². The van der Waals surface area contributed by atoms with Gasteiger partial charge in [0.05, 0.1) is 0 Å². The first-order chi connectivity index (χ1) is 9.33. The van der Waals surface area contributed by atoms with Gasteiger partial charge in [-0.05, 0) is 17.5 Å². The van der Waals surface area contributed by atoms with E-state index in [2.05, 4.69) is 5.32 Å². The maximum atomic E-state index is 12.6. The van der Waals surface area contributed by atoms with Crippen LogP contribution in [0.5, 0.6) is 0 Å². The Morgan fingerprint density at radius 1 is 1.30 bits per heavy atom. The lowest BCUT2D eigenvalue weighted by Gasteiger charge is -2.15. The standard InChI is InChI=1S/C13H11F3N2O2/c1-17-11(19)10-6-8-4-2-3-5-9(8)12(20)18(10)7-13(14,15)16/h2-6H,7H2,1H3,(H,17,19). The molecule has 1 aromatic carbocycles. The van der Waals surface area contributed by atoms with Gasteiger partial charge in [0.1, 0.15) is 12.2 Å². The van der Waals surface area contributed by atoms with Gasteiger partial charge in [-0.1, -0.05) is 18.2 Å². The molecule has 1 amide bonds. The highest BCUT2D eigenvalue weighted by atomic mass is 19.4. The Labute approximate surface area is 111 Å². The molecule has 1 N–H and O–H groups in total. The summed E-state index contributed by atoms with van der Waals surface area (Å²) in [6.07, 6.45) is -4.59. The van der Waals surface area contributed by atoms with E-state index in [1.807, 2.05) is 0 Å². The van der Waals surface area contributed by atoms with Crippen molar-refractivity contribution in [3.8, 4) is 0 Å². The highest BCUT2D eigenvalue weighted by molar-refractivity contribution is 5.96. The van der Waals surface area contributed by atoms with Gasteiger partial charge in [-0.3, -0.25) is 14.2 Å². The number of halogens is 3. The molecular formula is C13H11F3N2O2. The number of benzene rings is 1. The fraction of sp³-hybridized carbons (Fsp3) is 0.231. The molecule has 0 aliphatic rings. The number of carbonyl (C=O) groups excluding carboxylic acids is 1. The Kier molecular flexibility index (Phi) is 3.52. The van der Waals surface area contributed by atoms with Crippen LogP contribution in [0.3, 0.4) is 0 Å². The van der Waals surface area contributed by atoms with E-state index >= 15 is 0 Å². The minimum Gasteiger partial charge on any atom is -0.354 e. The number of pyridine rings is 1. The molecule has 1 aromatic heterocycles. The van der Waals surface area contributed by atoms with Crippen LogP contribution >= 0.6 is 0 Å². The molecule has 4 nitrogen and oxygen atoms in total. The van der Waals surface area contributed by atoms with Crippen LogP contribution in [0.15, 0.2) is 35.1 Å². The van der Waals surface area contributed by atoms with Crippen LogP contribution in [-0.2, 0) is 6.54 Å². The van der Waals surface area contributed by atoms with Crippen LogP contribution in [0.2, 0.25) is 0 Å². The van der Waals surface area contributed by atoms with Crippen molar-refractivity contribution < 1.29 is 18.0 Å². The quantitative estimate of drug-likeness (QED) is 0.916. The van der Waals surface area contributed by atoms with Gasteiger partial charge in [-0.15, -0.1) is 0 Å². The molecule has 2 rings (SSSR count). The van der Waals surface area contributed by atoms with Gasteiger partial charge >= 0.3 is 6.18 Å². The van der Waals surface area contributed by atoms with Crippen LogP contribution < -0.4 is 10.9 Å². The highest BCUT2D eigenvalue weighted by Gasteiger charge is 2.30. The molecule has 0 unspecified atom stereocenters. The zero-order valence-corrected chi connectivity index (χ0v) is 10.5. The van der Waals surface area contributed by atoms with Gasteiger partial charge < -0.3 is 5.32 Å². The molecule has 0 saturated carbocycles. The first kappa shape index (κ1) is 14.1. The summed E-state index contributed by atoms with van der Waals surface area (Å²) in [6, 6.07) is 7.48. The number of nitrogens with zero attached hydrogens (tertiary/aromatic N) is 1. The van der Waals surface area contributed by atoms with E-state index < -0.39 is 24.2 Å². The first-order valence-corrected chi connectivity index (χ1v) is 5.75. The lowest BCUT2D eigenvalue weighted by molar-refractivity contribution is -0.141. The fourth-order valence-corrected chi connectivity index (χ4v) is 1.95. The smallest absolute Gasteiger partial charge is 0.354 e. The average molecular weight is 284 g/mol. The molecule has 0 atom stereocenters. The predicted molar refractivity (Wildman–Crippen MR) is 67.7 cm³/mol. The molecule has 2 aromatic rings. The Morgan fingerprint density at radius 3 is 2.55 bits per heavy atom. The van der Waals surface area contributed by atoms with Crippen molar-refractivity contribution >= 4 is 16.7 Å². The molecule has 1 heterocycles. The molecule has 7 heteroatoms. The van der Waals surface area contributed by atoms with E-state index in [0.29, 0.717) is 9.95 Å². The normalized spacial score (nSPS) is 11.6. The number of amides is 1. The Morgan fingerprint density at radius 2 is 1.95 bits per heavy atom. The second-order valence-electron chi connectivity index (χ2n) is 4.20. The molecule has 0 bridgehead atoms. The van der Waals surface area contributed by atoms with Crippen molar-refractivity contribution in [2.45, 2.75) is 12.7 Å². The van der Waals surface area contributed by atoms with Crippen molar-refractivity contribution in [1.82, 2.24) is 9.88 Å². The SMILES string of the molecule is CNC(=O)c1cc2ccccc2c(=O)n1CC(F)(F)F. The predicted octanol–water partition coefficient (Wildman–Crippen LogP) is 1.92. The second-order valence-corrected chi connectivity index (χ2v) is 4.20. The molecule has 0 radical (unpaired) electrons. The average Bonchev–Trinajstić information content (AvgIpc) is 2.39. The largest absolute Gasteiger partial charge is 0.406 e. The van der Waals surface area contributed by atoms with Crippen molar-refractivity contribution in [1.29, 1.82) is 0 Å². The molecule has 0 saturated heterocycles.